The number of benzene rings is 1. The van der Waals surface area contributed by atoms with Crippen molar-refractivity contribution in [1.29, 1.82) is 0 Å². The first kappa shape index (κ1) is 23.3. The lowest BCUT2D eigenvalue weighted by atomic mass is 9.98. The quantitative estimate of drug-likeness (QED) is 0.287. The van der Waals surface area contributed by atoms with Crippen molar-refractivity contribution in [3.63, 3.8) is 0 Å². The monoisotopic (exact) mass is 441 g/mol. The molecule has 2 heterocycles. The Morgan fingerprint density at radius 1 is 1.10 bits per heavy atom. The Bertz CT molecular complexity index is 1030. The highest BCUT2D eigenvalue weighted by molar-refractivity contribution is 6.31. The summed E-state index contributed by atoms with van der Waals surface area (Å²) in [6, 6.07) is 12.2. The van der Waals surface area contributed by atoms with Crippen LogP contribution in [0.25, 0.3) is 10.9 Å². The summed E-state index contributed by atoms with van der Waals surface area (Å²) >= 11 is 6.58. The summed E-state index contributed by atoms with van der Waals surface area (Å²) in [5, 5.41) is 1.78. The van der Waals surface area contributed by atoms with E-state index >= 15 is 0 Å². The molecule has 0 saturated carbocycles. The second-order valence-corrected chi connectivity index (χ2v) is 10.0. The van der Waals surface area contributed by atoms with E-state index in [1.807, 2.05) is 57.3 Å². The molecule has 4 nitrogen and oxygen atoms in total. The van der Waals surface area contributed by atoms with Crippen LogP contribution in [-0.2, 0) is 4.74 Å². The highest BCUT2D eigenvalue weighted by Crippen LogP contribution is 2.28. The number of hydrogen-bond donors (Lipinski definition) is 0. The predicted molar refractivity (Wildman–Crippen MR) is 127 cm³/mol. The Labute approximate surface area is 190 Å². The summed E-state index contributed by atoms with van der Waals surface area (Å²) in [6.45, 7) is 10.2. The molecular formula is C26H34ClN2O2+. The largest absolute Gasteiger partial charge is 0.443 e. The Morgan fingerprint density at radius 3 is 2.48 bits per heavy atom. The highest BCUT2D eigenvalue weighted by atomic mass is 35.5. The number of rotatable bonds is 7. The molecule has 3 aromatic rings. The Hall–Kier alpha value is -2.33. The smallest absolute Gasteiger partial charge is 0.418 e. The molecule has 5 heteroatoms. The van der Waals surface area contributed by atoms with Gasteiger partial charge >= 0.3 is 6.09 Å². The van der Waals surface area contributed by atoms with E-state index in [1.165, 1.54) is 12.8 Å². The fourth-order valence-electron chi connectivity index (χ4n) is 3.87. The average molecular weight is 442 g/mol. The summed E-state index contributed by atoms with van der Waals surface area (Å²) in [7, 11) is 0. The third-order valence-electron chi connectivity index (χ3n) is 5.37. The molecule has 0 aliphatic carbocycles. The van der Waals surface area contributed by atoms with Crippen LogP contribution in [0.2, 0.25) is 5.02 Å². The van der Waals surface area contributed by atoms with Gasteiger partial charge in [-0.05, 0) is 45.2 Å². The summed E-state index contributed by atoms with van der Waals surface area (Å²) in [4.78, 5) is 12.6. The first-order valence-corrected chi connectivity index (χ1v) is 11.5. The number of unbranched alkanes of at least 4 members (excludes halogenated alkanes) is 1. The molecule has 0 spiro atoms. The third-order valence-corrected chi connectivity index (χ3v) is 5.72. The maximum absolute atomic E-state index is 12.6. The fourth-order valence-corrected chi connectivity index (χ4v) is 4.13. The summed E-state index contributed by atoms with van der Waals surface area (Å²) < 4.78 is 9.33. The predicted octanol–water partition coefficient (Wildman–Crippen LogP) is 7.17. The number of hydrogen-bond acceptors (Lipinski definition) is 2. The zero-order valence-electron chi connectivity index (χ0n) is 19.3. The van der Waals surface area contributed by atoms with E-state index < -0.39 is 5.60 Å². The van der Waals surface area contributed by atoms with Crippen molar-refractivity contribution >= 4 is 28.6 Å². The second kappa shape index (κ2) is 9.86. The Morgan fingerprint density at radius 2 is 1.81 bits per heavy atom. The number of nitrogens with zero attached hydrogens (tertiary/aromatic N) is 2. The fraction of sp³-hybridized carbons (Fsp3) is 0.462. The lowest BCUT2D eigenvalue weighted by molar-refractivity contribution is -0.713. The van der Waals surface area contributed by atoms with Gasteiger partial charge in [-0.3, -0.25) is 4.57 Å². The average Bonchev–Trinajstić information content (AvgIpc) is 3.11. The van der Waals surface area contributed by atoms with Gasteiger partial charge in [0, 0.05) is 24.2 Å². The van der Waals surface area contributed by atoms with Gasteiger partial charge < -0.3 is 4.74 Å². The lowest BCUT2D eigenvalue weighted by Gasteiger charge is -2.19. The molecule has 0 aliphatic rings. The van der Waals surface area contributed by atoms with Crippen molar-refractivity contribution in [2.75, 3.05) is 0 Å². The molecule has 0 aliphatic heterocycles. The van der Waals surface area contributed by atoms with Crippen LogP contribution in [0.4, 0.5) is 4.79 Å². The number of carbonyl (C=O) groups excluding carboxylic acids is 1. The minimum atomic E-state index is -0.534. The van der Waals surface area contributed by atoms with E-state index in [0.717, 1.165) is 40.2 Å². The van der Waals surface area contributed by atoms with E-state index in [0.29, 0.717) is 0 Å². The van der Waals surface area contributed by atoms with Gasteiger partial charge in [0.25, 0.3) is 0 Å². The minimum absolute atomic E-state index is 0.148. The van der Waals surface area contributed by atoms with E-state index in [9.17, 15) is 4.79 Å². The van der Waals surface area contributed by atoms with Crippen molar-refractivity contribution in [1.82, 2.24) is 4.57 Å². The number of fused-ring (bicyclic) bond motifs is 1. The van der Waals surface area contributed by atoms with Gasteiger partial charge in [-0.25, -0.2) is 4.79 Å². The molecule has 0 N–H and O–H groups in total. The van der Waals surface area contributed by atoms with Crippen LogP contribution >= 0.6 is 11.6 Å². The van der Waals surface area contributed by atoms with Crippen LogP contribution in [0.5, 0.6) is 0 Å². The van der Waals surface area contributed by atoms with Gasteiger partial charge in [0.15, 0.2) is 18.4 Å². The maximum Gasteiger partial charge on any atom is 0.418 e. The van der Waals surface area contributed by atoms with Gasteiger partial charge in [-0.15, -0.1) is 0 Å². The number of ether oxygens (including phenoxy) is 1. The van der Waals surface area contributed by atoms with Crippen molar-refractivity contribution in [3.05, 3.63) is 65.6 Å². The van der Waals surface area contributed by atoms with Crippen LogP contribution < -0.4 is 4.57 Å². The van der Waals surface area contributed by atoms with Crippen LogP contribution in [0.1, 0.15) is 71.9 Å². The third kappa shape index (κ3) is 6.10. The normalized spacial score (nSPS) is 13.0. The van der Waals surface area contributed by atoms with Crippen molar-refractivity contribution < 1.29 is 14.1 Å². The van der Waals surface area contributed by atoms with Gasteiger partial charge in [0.2, 0.25) is 0 Å². The second-order valence-electron chi connectivity index (χ2n) is 9.61. The molecule has 2 aromatic heterocycles. The maximum atomic E-state index is 12.6. The Kier molecular flexibility index (Phi) is 7.42. The molecule has 0 radical (unpaired) electrons. The van der Waals surface area contributed by atoms with Crippen LogP contribution in [0.3, 0.4) is 0 Å². The SMILES string of the molecule is CC(C)CCCCC(c1ccccc1Cl)[n+]1ccc2c(ccn2C(=O)OC(C)(C)C)c1. The number of pyridine rings is 1. The molecule has 1 atom stereocenters. The van der Waals surface area contributed by atoms with E-state index in [2.05, 4.69) is 30.7 Å². The zero-order valence-corrected chi connectivity index (χ0v) is 20.0. The van der Waals surface area contributed by atoms with Gasteiger partial charge in [0.05, 0.1) is 15.9 Å². The topological polar surface area (TPSA) is 35.1 Å². The van der Waals surface area contributed by atoms with E-state index in [1.54, 1.807) is 10.8 Å². The zero-order chi connectivity index (χ0) is 22.6. The molecule has 166 valence electrons. The molecule has 0 saturated heterocycles. The molecular weight excluding hydrogens is 408 g/mol. The molecule has 1 unspecified atom stereocenters. The van der Waals surface area contributed by atoms with Gasteiger partial charge in [-0.1, -0.05) is 56.5 Å². The van der Waals surface area contributed by atoms with E-state index in [4.69, 9.17) is 16.3 Å². The molecule has 0 amide bonds. The number of halogens is 1. The Balaban J connectivity index is 1.91. The highest BCUT2D eigenvalue weighted by Gasteiger charge is 2.25. The van der Waals surface area contributed by atoms with E-state index in [-0.39, 0.29) is 12.1 Å². The lowest BCUT2D eigenvalue weighted by Crippen LogP contribution is -2.39. The summed E-state index contributed by atoms with van der Waals surface area (Å²) in [5.74, 6) is 0.718. The summed E-state index contributed by atoms with van der Waals surface area (Å²) in [5.41, 5.74) is 1.43. The van der Waals surface area contributed by atoms with Crippen LogP contribution in [0.15, 0.2) is 55.0 Å². The van der Waals surface area contributed by atoms with Gasteiger partial charge in [-0.2, -0.15) is 4.57 Å². The molecule has 0 bridgehead atoms. The number of carbonyl (C=O) groups is 1. The molecule has 31 heavy (non-hydrogen) atoms. The first-order valence-electron chi connectivity index (χ1n) is 11.2. The first-order chi connectivity index (χ1) is 14.7. The van der Waals surface area contributed by atoms with Crippen molar-refractivity contribution in [3.8, 4) is 0 Å². The standard InChI is InChI=1S/C26H34ClN2O2/c1-19(2)10-6-9-13-24(21-11-7-8-12-22(21)27)28-16-15-23-20(18-28)14-17-29(23)25(30)31-26(3,4)5/h7-8,11-12,14-19,24H,6,9-10,13H2,1-5H3/q+1. The minimum Gasteiger partial charge on any atom is -0.443 e. The van der Waals surface area contributed by atoms with Crippen molar-refractivity contribution in [2.45, 2.75) is 71.9 Å². The molecule has 3 rings (SSSR count). The molecule has 0 fully saturated rings. The van der Waals surface area contributed by atoms with Crippen LogP contribution in [-0.4, -0.2) is 16.3 Å². The molecule has 1 aromatic carbocycles. The van der Waals surface area contributed by atoms with Crippen LogP contribution in [0, 0.1) is 5.92 Å². The van der Waals surface area contributed by atoms with Crippen molar-refractivity contribution in [2.24, 2.45) is 5.92 Å². The van der Waals surface area contributed by atoms with Gasteiger partial charge in [0.1, 0.15) is 5.60 Å². The summed E-state index contributed by atoms with van der Waals surface area (Å²) in [6.07, 6.45) is 10.1. The number of aromatic nitrogens is 2.